The minimum atomic E-state index is -0.277. The molecule has 0 radical (unpaired) electrons. The third kappa shape index (κ3) is 3.44. The van der Waals surface area contributed by atoms with Gasteiger partial charge in [-0.25, -0.2) is 4.79 Å². The van der Waals surface area contributed by atoms with Gasteiger partial charge in [0.1, 0.15) is 6.10 Å². The van der Waals surface area contributed by atoms with E-state index in [0.717, 1.165) is 5.56 Å². The molecule has 102 valence electrons. The molecule has 1 aliphatic heterocycles. The number of carbonyl (C=O) groups is 1. The number of ether oxygens (including phenoxy) is 2. The summed E-state index contributed by atoms with van der Waals surface area (Å²) in [6.07, 6.45) is 0.462. The molecule has 1 heterocycles. The molecular weight excluding hydrogens is 240 g/mol. The first-order valence-corrected chi connectivity index (χ1v) is 6.49. The Morgan fingerprint density at radius 1 is 1.37 bits per heavy atom. The topological polar surface area (TPSA) is 35.5 Å². The quantitative estimate of drug-likeness (QED) is 0.603. The molecule has 19 heavy (non-hydrogen) atoms. The van der Waals surface area contributed by atoms with E-state index in [2.05, 4.69) is 20.4 Å². The zero-order chi connectivity index (χ0) is 13.9. The molecule has 3 heteroatoms. The first-order valence-electron chi connectivity index (χ1n) is 6.49. The van der Waals surface area contributed by atoms with Crippen molar-refractivity contribution in [2.75, 3.05) is 6.61 Å². The molecule has 1 saturated heterocycles. The number of hydrogen-bond acceptors (Lipinski definition) is 3. The Bertz CT molecular complexity index is 446. The normalized spacial score (nSPS) is 19.6. The maximum atomic E-state index is 11.4. The van der Waals surface area contributed by atoms with Crippen LogP contribution in [0.25, 0.3) is 0 Å². The molecule has 2 rings (SSSR count). The van der Waals surface area contributed by atoms with Gasteiger partial charge in [0, 0.05) is 17.4 Å². The molecule has 1 aromatic rings. The lowest BCUT2D eigenvalue weighted by atomic mass is 9.85. The first kappa shape index (κ1) is 13.8. The van der Waals surface area contributed by atoms with Crippen LogP contribution in [0.1, 0.15) is 25.8 Å². The van der Waals surface area contributed by atoms with Crippen LogP contribution in [0.2, 0.25) is 0 Å². The number of benzene rings is 1. The van der Waals surface area contributed by atoms with Gasteiger partial charge in [-0.05, 0) is 5.56 Å². The van der Waals surface area contributed by atoms with E-state index >= 15 is 0 Å². The van der Waals surface area contributed by atoms with Crippen LogP contribution in [0.15, 0.2) is 42.5 Å². The fourth-order valence-electron chi connectivity index (χ4n) is 2.10. The van der Waals surface area contributed by atoms with E-state index in [1.54, 1.807) is 0 Å². The van der Waals surface area contributed by atoms with E-state index in [4.69, 9.17) is 9.47 Å². The minimum absolute atomic E-state index is 0.136. The fourth-order valence-corrected chi connectivity index (χ4v) is 2.10. The van der Waals surface area contributed by atoms with E-state index in [1.165, 1.54) is 0 Å². The highest BCUT2D eigenvalue weighted by atomic mass is 16.6. The molecule has 0 spiro atoms. The van der Waals surface area contributed by atoms with Gasteiger partial charge in [0.05, 0.1) is 13.2 Å². The van der Waals surface area contributed by atoms with Crippen molar-refractivity contribution in [2.45, 2.75) is 33.0 Å². The van der Waals surface area contributed by atoms with E-state index in [-0.39, 0.29) is 17.5 Å². The van der Waals surface area contributed by atoms with Crippen LogP contribution in [0.4, 0.5) is 0 Å². The summed E-state index contributed by atoms with van der Waals surface area (Å²) in [5, 5.41) is 0. The van der Waals surface area contributed by atoms with Crippen molar-refractivity contribution in [3.05, 3.63) is 48.0 Å². The molecular formula is C16H20O3. The highest BCUT2D eigenvalue weighted by Gasteiger charge is 2.39. The van der Waals surface area contributed by atoms with Crippen molar-refractivity contribution < 1.29 is 14.3 Å². The standard InChI is InChI=1S/C16H20O3/c1-12-9-14(19-15(12)17)16(2,3)11-18-10-13-7-5-4-6-8-13/h4-8,14H,1,9-11H2,2-3H3/t14-/m1/s1. The molecule has 0 aromatic heterocycles. The Morgan fingerprint density at radius 3 is 2.63 bits per heavy atom. The molecule has 0 amide bonds. The van der Waals surface area contributed by atoms with Gasteiger partial charge >= 0.3 is 5.97 Å². The highest BCUT2D eigenvalue weighted by Crippen LogP contribution is 2.33. The van der Waals surface area contributed by atoms with Gasteiger partial charge in [0.2, 0.25) is 0 Å². The van der Waals surface area contributed by atoms with E-state index < -0.39 is 0 Å². The van der Waals surface area contributed by atoms with Crippen molar-refractivity contribution >= 4 is 5.97 Å². The Hall–Kier alpha value is -1.61. The van der Waals surface area contributed by atoms with Gasteiger partial charge in [0.15, 0.2) is 0 Å². The number of esters is 1. The lowest BCUT2D eigenvalue weighted by Gasteiger charge is -2.29. The van der Waals surface area contributed by atoms with Crippen molar-refractivity contribution in [1.29, 1.82) is 0 Å². The van der Waals surface area contributed by atoms with Crippen LogP contribution in [-0.4, -0.2) is 18.7 Å². The molecule has 0 bridgehead atoms. The average molecular weight is 260 g/mol. The third-order valence-corrected chi connectivity index (χ3v) is 3.43. The van der Waals surface area contributed by atoms with Crippen molar-refractivity contribution in [3.8, 4) is 0 Å². The number of cyclic esters (lactones) is 1. The second-order valence-electron chi connectivity index (χ2n) is 5.67. The molecule has 1 atom stereocenters. The van der Waals surface area contributed by atoms with Crippen LogP contribution >= 0.6 is 0 Å². The zero-order valence-corrected chi connectivity index (χ0v) is 11.5. The summed E-state index contributed by atoms with van der Waals surface area (Å²) >= 11 is 0. The van der Waals surface area contributed by atoms with Crippen molar-refractivity contribution in [3.63, 3.8) is 0 Å². The Morgan fingerprint density at radius 2 is 2.05 bits per heavy atom. The summed E-state index contributed by atoms with van der Waals surface area (Å²) in [4.78, 5) is 11.4. The van der Waals surface area contributed by atoms with Crippen LogP contribution in [0.5, 0.6) is 0 Å². The maximum Gasteiger partial charge on any atom is 0.333 e. The van der Waals surface area contributed by atoms with Gasteiger partial charge in [-0.3, -0.25) is 0 Å². The summed E-state index contributed by atoms with van der Waals surface area (Å²) in [5.41, 5.74) is 1.50. The van der Waals surface area contributed by atoms with Crippen molar-refractivity contribution in [2.24, 2.45) is 5.41 Å². The van der Waals surface area contributed by atoms with Gasteiger partial charge < -0.3 is 9.47 Å². The van der Waals surface area contributed by atoms with Crippen LogP contribution in [0.3, 0.4) is 0 Å². The summed E-state index contributed by atoms with van der Waals surface area (Å²) in [6, 6.07) is 10.0. The van der Waals surface area contributed by atoms with E-state index in [1.807, 2.05) is 30.3 Å². The molecule has 0 unspecified atom stereocenters. The highest BCUT2D eigenvalue weighted by molar-refractivity contribution is 5.90. The Labute approximate surface area is 114 Å². The second kappa shape index (κ2) is 5.57. The van der Waals surface area contributed by atoms with E-state index in [9.17, 15) is 4.79 Å². The third-order valence-electron chi connectivity index (χ3n) is 3.43. The zero-order valence-electron chi connectivity index (χ0n) is 11.5. The summed E-state index contributed by atoms with van der Waals surface area (Å²) in [5.74, 6) is -0.277. The van der Waals surface area contributed by atoms with Crippen LogP contribution in [0, 0.1) is 5.41 Å². The van der Waals surface area contributed by atoms with Crippen molar-refractivity contribution in [1.82, 2.24) is 0 Å². The molecule has 1 aromatic carbocycles. The molecule has 0 aliphatic carbocycles. The summed E-state index contributed by atoms with van der Waals surface area (Å²) in [7, 11) is 0. The molecule has 3 nitrogen and oxygen atoms in total. The van der Waals surface area contributed by atoms with Crippen LogP contribution < -0.4 is 0 Å². The number of carbonyl (C=O) groups excluding carboxylic acids is 1. The second-order valence-corrected chi connectivity index (χ2v) is 5.67. The summed E-state index contributed by atoms with van der Waals surface area (Å²) in [6.45, 7) is 8.94. The van der Waals surface area contributed by atoms with Gasteiger partial charge in [-0.15, -0.1) is 0 Å². The van der Waals surface area contributed by atoms with Crippen LogP contribution in [-0.2, 0) is 20.9 Å². The van der Waals surface area contributed by atoms with Gasteiger partial charge in [0.25, 0.3) is 0 Å². The molecule has 1 fully saturated rings. The summed E-state index contributed by atoms with van der Waals surface area (Å²) < 4.78 is 11.1. The maximum absolute atomic E-state index is 11.4. The van der Waals surface area contributed by atoms with Gasteiger partial charge in [-0.2, -0.15) is 0 Å². The largest absolute Gasteiger partial charge is 0.458 e. The lowest BCUT2D eigenvalue weighted by molar-refractivity contribution is -0.145. The minimum Gasteiger partial charge on any atom is -0.458 e. The number of hydrogen-bond donors (Lipinski definition) is 0. The smallest absolute Gasteiger partial charge is 0.333 e. The molecule has 1 aliphatic rings. The predicted molar refractivity (Wildman–Crippen MR) is 73.5 cm³/mol. The monoisotopic (exact) mass is 260 g/mol. The first-order chi connectivity index (χ1) is 8.99. The Kier molecular flexibility index (Phi) is 4.05. The van der Waals surface area contributed by atoms with E-state index in [0.29, 0.717) is 25.2 Å². The SMILES string of the molecule is C=C1C[C@H](C(C)(C)COCc2ccccc2)OC1=O. The Balaban J connectivity index is 1.84. The lowest BCUT2D eigenvalue weighted by Crippen LogP contribution is -2.33. The molecule has 0 saturated carbocycles. The average Bonchev–Trinajstić information content (AvgIpc) is 2.72. The number of rotatable bonds is 5. The van der Waals surface area contributed by atoms with Gasteiger partial charge in [-0.1, -0.05) is 50.8 Å². The molecule has 0 N–H and O–H groups in total. The predicted octanol–water partition coefficient (Wildman–Crippen LogP) is 3.10. The fraction of sp³-hybridized carbons (Fsp3) is 0.438.